The van der Waals surface area contributed by atoms with Crippen LogP contribution in [0.3, 0.4) is 0 Å². The fraction of sp³-hybridized carbons (Fsp3) is 0.300. The molecule has 0 atom stereocenters. The summed E-state index contributed by atoms with van der Waals surface area (Å²) in [5, 5.41) is 5.02. The highest BCUT2D eigenvalue weighted by molar-refractivity contribution is 7.71. The average molecular weight is 439 g/mol. The largest absolute Gasteiger partial charge is 0.484 e. The minimum Gasteiger partial charge on any atom is -0.484 e. The van der Waals surface area contributed by atoms with Crippen molar-refractivity contribution in [1.82, 2.24) is 19.2 Å². The molecule has 1 heterocycles. The molecule has 0 spiro atoms. The highest BCUT2D eigenvalue weighted by Gasteiger charge is 2.16. The summed E-state index contributed by atoms with van der Waals surface area (Å²) in [5.74, 6) is 0.0340. The van der Waals surface area contributed by atoms with Gasteiger partial charge in [0.1, 0.15) is 24.0 Å². The number of benzene rings is 2. The molecular weight excluding hydrogens is 418 g/mol. The minimum absolute atomic E-state index is 0.0269. The Morgan fingerprint density at radius 2 is 1.83 bits per heavy atom. The van der Waals surface area contributed by atoms with Crippen LogP contribution in [-0.2, 0) is 26.9 Å². The van der Waals surface area contributed by atoms with E-state index in [-0.39, 0.29) is 18.7 Å². The van der Waals surface area contributed by atoms with Gasteiger partial charge in [-0.15, -0.1) is 0 Å². The summed E-state index contributed by atoms with van der Waals surface area (Å²) in [6.45, 7) is 3.07. The summed E-state index contributed by atoms with van der Waals surface area (Å²) in [5.41, 5.74) is 0.0269. The van der Waals surface area contributed by atoms with E-state index in [0.717, 1.165) is 0 Å². The maximum Gasteiger partial charge on any atom is 0.198 e. The van der Waals surface area contributed by atoms with E-state index in [2.05, 4.69) is 5.10 Å². The fourth-order valence-corrected chi connectivity index (χ4v) is 3.21. The van der Waals surface area contributed by atoms with Crippen LogP contribution in [-0.4, -0.2) is 25.8 Å². The summed E-state index contributed by atoms with van der Waals surface area (Å²) < 4.78 is 37.6. The van der Waals surface area contributed by atoms with Crippen molar-refractivity contribution in [3.8, 4) is 5.75 Å². The number of aromatic nitrogens is 3. The Balaban J connectivity index is 1.74. The molecular formula is C20H21ClF2N4OS. The van der Waals surface area contributed by atoms with Crippen molar-refractivity contribution >= 4 is 23.8 Å². The molecule has 2 aromatic carbocycles. The van der Waals surface area contributed by atoms with E-state index in [1.807, 2.05) is 24.0 Å². The monoisotopic (exact) mass is 438 g/mol. The highest BCUT2D eigenvalue weighted by atomic mass is 35.5. The first-order valence-electron chi connectivity index (χ1n) is 9.06. The van der Waals surface area contributed by atoms with Gasteiger partial charge in [-0.2, -0.15) is 5.10 Å². The lowest BCUT2D eigenvalue weighted by Crippen LogP contribution is -2.27. The first-order valence-corrected chi connectivity index (χ1v) is 9.84. The van der Waals surface area contributed by atoms with Crippen molar-refractivity contribution in [1.29, 1.82) is 0 Å². The third-order valence-corrected chi connectivity index (χ3v) is 5.35. The first-order chi connectivity index (χ1) is 13.9. The molecule has 0 radical (unpaired) electrons. The van der Waals surface area contributed by atoms with Gasteiger partial charge in [-0.3, -0.25) is 4.90 Å². The number of hydrogen-bond donors (Lipinski definition) is 0. The molecule has 0 N–H and O–H groups in total. The van der Waals surface area contributed by atoms with Crippen LogP contribution in [0.25, 0.3) is 0 Å². The van der Waals surface area contributed by atoms with Crippen LogP contribution in [0.15, 0.2) is 42.5 Å². The lowest BCUT2D eigenvalue weighted by Gasteiger charge is -2.20. The Morgan fingerprint density at radius 1 is 1.14 bits per heavy atom. The van der Waals surface area contributed by atoms with Gasteiger partial charge in [-0.25, -0.2) is 13.5 Å². The third kappa shape index (κ3) is 5.01. The summed E-state index contributed by atoms with van der Waals surface area (Å²) in [6, 6.07) is 11.0. The smallest absolute Gasteiger partial charge is 0.198 e. The van der Waals surface area contributed by atoms with Gasteiger partial charge in [0.05, 0.1) is 11.7 Å². The number of rotatable bonds is 8. The number of para-hydroxylation sites is 1. The van der Waals surface area contributed by atoms with Gasteiger partial charge in [-0.05, 0) is 43.0 Å². The molecule has 0 saturated carbocycles. The Kier molecular flexibility index (Phi) is 7.00. The van der Waals surface area contributed by atoms with Crippen LogP contribution < -0.4 is 4.74 Å². The number of halogens is 3. The van der Waals surface area contributed by atoms with Gasteiger partial charge >= 0.3 is 0 Å². The lowest BCUT2D eigenvalue weighted by atomic mass is 10.2. The molecule has 0 aliphatic carbocycles. The van der Waals surface area contributed by atoms with Crippen molar-refractivity contribution in [2.45, 2.75) is 26.7 Å². The SMILES string of the molecule is CCN(Cc1c(F)cccc1F)Cn1nc(COc2ccccc2Cl)n(C)c1=S. The quantitative estimate of drug-likeness (QED) is 0.466. The molecule has 154 valence electrons. The Bertz CT molecular complexity index is 1030. The van der Waals surface area contributed by atoms with Crippen molar-refractivity contribution in [3.05, 3.63) is 75.3 Å². The van der Waals surface area contributed by atoms with Crippen LogP contribution in [0.2, 0.25) is 5.02 Å². The molecule has 0 aliphatic heterocycles. The Morgan fingerprint density at radius 3 is 2.48 bits per heavy atom. The maximum absolute atomic E-state index is 14.0. The van der Waals surface area contributed by atoms with Gasteiger partial charge in [0, 0.05) is 19.2 Å². The van der Waals surface area contributed by atoms with E-state index >= 15 is 0 Å². The molecule has 5 nitrogen and oxygen atoms in total. The molecule has 0 amide bonds. The summed E-state index contributed by atoms with van der Waals surface area (Å²) >= 11 is 11.6. The second kappa shape index (κ2) is 9.47. The highest BCUT2D eigenvalue weighted by Crippen LogP contribution is 2.24. The zero-order valence-corrected chi connectivity index (χ0v) is 17.7. The summed E-state index contributed by atoms with van der Waals surface area (Å²) in [6.07, 6.45) is 0. The summed E-state index contributed by atoms with van der Waals surface area (Å²) in [7, 11) is 1.80. The number of nitrogens with zero attached hydrogens (tertiary/aromatic N) is 4. The lowest BCUT2D eigenvalue weighted by molar-refractivity contribution is 0.200. The van der Waals surface area contributed by atoms with E-state index in [1.165, 1.54) is 18.2 Å². The molecule has 1 aromatic heterocycles. The number of hydrogen-bond acceptors (Lipinski definition) is 4. The van der Waals surface area contributed by atoms with E-state index < -0.39 is 11.6 Å². The molecule has 0 bridgehead atoms. The van der Waals surface area contributed by atoms with Crippen LogP contribution in [0, 0.1) is 16.4 Å². The zero-order valence-electron chi connectivity index (χ0n) is 16.1. The van der Waals surface area contributed by atoms with Gasteiger partial charge in [0.15, 0.2) is 10.6 Å². The Hall–Kier alpha value is -2.29. The normalized spacial score (nSPS) is 11.2. The maximum atomic E-state index is 14.0. The van der Waals surface area contributed by atoms with Crippen molar-refractivity contribution in [2.24, 2.45) is 7.05 Å². The van der Waals surface area contributed by atoms with Crippen molar-refractivity contribution in [2.75, 3.05) is 6.54 Å². The minimum atomic E-state index is -0.568. The van der Waals surface area contributed by atoms with E-state index in [9.17, 15) is 8.78 Å². The van der Waals surface area contributed by atoms with Gasteiger partial charge in [0.25, 0.3) is 0 Å². The molecule has 29 heavy (non-hydrogen) atoms. The standard InChI is InChI=1S/C20H21ClF2N4OS/c1-3-26(11-14-16(22)8-6-9-17(14)23)13-27-20(29)25(2)19(24-27)12-28-18-10-5-4-7-15(18)21/h4-10H,3,11-13H2,1-2H3. The molecule has 3 rings (SSSR count). The molecule has 0 fully saturated rings. The second-order valence-electron chi connectivity index (χ2n) is 6.46. The zero-order chi connectivity index (χ0) is 21.0. The third-order valence-electron chi connectivity index (χ3n) is 4.55. The molecule has 0 aliphatic rings. The number of ether oxygens (including phenoxy) is 1. The first kappa shape index (κ1) is 21.4. The van der Waals surface area contributed by atoms with Crippen molar-refractivity contribution in [3.63, 3.8) is 0 Å². The Labute approximate surface area is 178 Å². The molecule has 0 unspecified atom stereocenters. The fourth-order valence-electron chi connectivity index (χ4n) is 2.81. The van der Waals surface area contributed by atoms with Crippen LogP contribution >= 0.6 is 23.8 Å². The predicted octanol–water partition coefficient (Wildman–Crippen LogP) is 4.94. The van der Waals surface area contributed by atoms with E-state index in [4.69, 9.17) is 28.6 Å². The van der Waals surface area contributed by atoms with Crippen LogP contribution in [0.5, 0.6) is 5.75 Å². The summed E-state index contributed by atoms with van der Waals surface area (Å²) in [4.78, 5) is 1.85. The molecule has 9 heteroatoms. The molecule has 3 aromatic rings. The van der Waals surface area contributed by atoms with Gasteiger partial charge in [-0.1, -0.05) is 36.7 Å². The van der Waals surface area contributed by atoms with E-state index in [1.54, 1.807) is 28.4 Å². The van der Waals surface area contributed by atoms with Gasteiger partial charge in [0.2, 0.25) is 0 Å². The van der Waals surface area contributed by atoms with Crippen molar-refractivity contribution < 1.29 is 13.5 Å². The average Bonchev–Trinajstić information content (AvgIpc) is 2.97. The second-order valence-corrected chi connectivity index (χ2v) is 7.24. The van der Waals surface area contributed by atoms with Gasteiger partial charge < -0.3 is 9.30 Å². The molecule has 0 saturated heterocycles. The van der Waals surface area contributed by atoms with Crippen LogP contribution in [0.4, 0.5) is 8.78 Å². The van der Waals surface area contributed by atoms with E-state index in [0.29, 0.717) is 34.6 Å². The topological polar surface area (TPSA) is 35.2 Å². The predicted molar refractivity (Wildman–Crippen MR) is 110 cm³/mol. The van der Waals surface area contributed by atoms with Crippen LogP contribution in [0.1, 0.15) is 18.3 Å².